The zero-order valence-electron chi connectivity index (χ0n) is 12.4. The summed E-state index contributed by atoms with van der Waals surface area (Å²) in [5.74, 6) is 0.917. The van der Waals surface area contributed by atoms with Crippen molar-refractivity contribution in [3.63, 3.8) is 0 Å². The lowest BCUT2D eigenvalue weighted by Gasteiger charge is -2.34. The van der Waals surface area contributed by atoms with E-state index < -0.39 is 0 Å². The highest BCUT2D eigenvalue weighted by Crippen LogP contribution is 2.29. The molecule has 0 saturated carbocycles. The van der Waals surface area contributed by atoms with Gasteiger partial charge in [0.15, 0.2) is 5.65 Å². The first kappa shape index (κ1) is 13.2. The Labute approximate surface area is 128 Å². The van der Waals surface area contributed by atoms with Gasteiger partial charge >= 0.3 is 0 Å². The Morgan fingerprint density at radius 2 is 2.18 bits per heavy atom. The average molecular weight is 295 g/mol. The van der Waals surface area contributed by atoms with Crippen LogP contribution in [0.3, 0.4) is 0 Å². The minimum Gasteiger partial charge on any atom is -0.370 e. The fraction of sp³-hybridized carbons (Fsp3) is 0.312. The summed E-state index contributed by atoms with van der Waals surface area (Å²) < 4.78 is 5.98. The van der Waals surface area contributed by atoms with E-state index in [9.17, 15) is 0 Å². The number of morpholine rings is 1. The van der Waals surface area contributed by atoms with E-state index >= 15 is 0 Å². The summed E-state index contributed by atoms with van der Waals surface area (Å²) in [6, 6.07) is 8.37. The van der Waals surface area contributed by atoms with Gasteiger partial charge in [0.2, 0.25) is 0 Å². The molecule has 1 saturated heterocycles. The van der Waals surface area contributed by atoms with Gasteiger partial charge in [-0.2, -0.15) is 5.10 Å². The van der Waals surface area contributed by atoms with Gasteiger partial charge in [-0.1, -0.05) is 24.3 Å². The number of rotatable bonds is 2. The van der Waals surface area contributed by atoms with Crippen LogP contribution in [-0.2, 0) is 4.74 Å². The molecule has 1 unspecified atom stereocenters. The minimum atomic E-state index is 0.0619. The summed E-state index contributed by atoms with van der Waals surface area (Å²) in [6.45, 7) is 4.40. The highest BCUT2D eigenvalue weighted by atomic mass is 16.5. The summed E-state index contributed by atoms with van der Waals surface area (Å²) in [5, 5.41) is 7.91. The van der Waals surface area contributed by atoms with E-state index in [2.05, 4.69) is 56.3 Å². The maximum Gasteiger partial charge on any atom is 0.160 e. The Morgan fingerprint density at radius 1 is 1.27 bits per heavy atom. The number of aromatic nitrogens is 4. The summed E-state index contributed by atoms with van der Waals surface area (Å²) in [6.07, 6.45) is 3.42. The predicted octanol–water partition coefficient (Wildman–Crippen LogP) is 2.24. The molecule has 4 rings (SSSR count). The van der Waals surface area contributed by atoms with Crippen molar-refractivity contribution in [3.8, 4) is 0 Å². The molecular formula is C16H17N5O. The second kappa shape index (κ2) is 5.38. The third kappa shape index (κ3) is 2.21. The number of nitrogens with one attached hydrogen (secondary N) is 1. The molecule has 3 aromatic rings. The van der Waals surface area contributed by atoms with Crippen molar-refractivity contribution >= 4 is 16.9 Å². The third-order valence-electron chi connectivity index (χ3n) is 4.13. The van der Waals surface area contributed by atoms with Crippen molar-refractivity contribution in [3.05, 3.63) is 47.9 Å². The summed E-state index contributed by atoms with van der Waals surface area (Å²) in [4.78, 5) is 10.9. The molecule has 1 fully saturated rings. The molecule has 1 aromatic carbocycles. The van der Waals surface area contributed by atoms with Gasteiger partial charge in [0.1, 0.15) is 18.2 Å². The monoisotopic (exact) mass is 295 g/mol. The Kier molecular flexibility index (Phi) is 3.23. The van der Waals surface area contributed by atoms with E-state index in [0.29, 0.717) is 6.61 Å². The fourth-order valence-corrected chi connectivity index (χ4v) is 2.98. The van der Waals surface area contributed by atoms with Gasteiger partial charge in [-0.05, 0) is 18.1 Å². The van der Waals surface area contributed by atoms with Crippen LogP contribution in [0.25, 0.3) is 11.0 Å². The fourth-order valence-electron chi connectivity index (χ4n) is 2.98. The molecule has 2 aromatic heterocycles. The summed E-state index contributed by atoms with van der Waals surface area (Å²) in [5.41, 5.74) is 3.26. The molecule has 1 atom stereocenters. The minimum absolute atomic E-state index is 0.0619. The summed E-state index contributed by atoms with van der Waals surface area (Å²) in [7, 11) is 0. The van der Waals surface area contributed by atoms with Crippen molar-refractivity contribution in [1.82, 2.24) is 20.2 Å². The second-order valence-corrected chi connectivity index (χ2v) is 5.49. The Balaban J connectivity index is 1.67. The lowest BCUT2D eigenvalue weighted by atomic mass is 10.0. The second-order valence-electron chi connectivity index (χ2n) is 5.49. The molecule has 112 valence electrons. The van der Waals surface area contributed by atoms with E-state index in [1.807, 2.05) is 0 Å². The Bertz CT molecular complexity index is 800. The van der Waals surface area contributed by atoms with Crippen LogP contribution in [-0.4, -0.2) is 39.9 Å². The van der Waals surface area contributed by atoms with E-state index in [1.165, 1.54) is 11.1 Å². The molecule has 0 radical (unpaired) electrons. The number of aromatic amines is 1. The lowest BCUT2D eigenvalue weighted by molar-refractivity contribution is 0.0392. The number of H-pyrrole nitrogens is 1. The first-order valence-corrected chi connectivity index (χ1v) is 7.39. The third-order valence-corrected chi connectivity index (χ3v) is 4.13. The van der Waals surface area contributed by atoms with Crippen molar-refractivity contribution in [1.29, 1.82) is 0 Å². The van der Waals surface area contributed by atoms with Gasteiger partial charge in [-0.15, -0.1) is 0 Å². The van der Waals surface area contributed by atoms with Gasteiger partial charge in [-0.3, -0.25) is 5.10 Å². The van der Waals surface area contributed by atoms with E-state index in [-0.39, 0.29) is 6.10 Å². The van der Waals surface area contributed by atoms with Gasteiger partial charge in [-0.25, -0.2) is 9.97 Å². The van der Waals surface area contributed by atoms with Crippen molar-refractivity contribution in [2.75, 3.05) is 24.6 Å². The zero-order valence-corrected chi connectivity index (χ0v) is 12.4. The number of nitrogens with zero attached hydrogens (tertiary/aromatic N) is 4. The number of ether oxygens (including phenoxy) is 1. The first-order valence-electron chi connectivity index (χ1n) is 7.39. The van der Waals surface area contributed by atoms with Crippen LogP contribution in [0, 0.1) is 6.92 Å². The first-order chi connectivity index (χ1) is 10.8. The molecule has 1 aliphatic heterocycles. The summed E-state index contributed by atoms with van der Waals surface area (Å²) >= 11 is 0. The molecule has 0 spiro atoms. The van der Waals surface area contributed by atoms with Crippen molar-refractivity contribution in [2.24, 2.45) is 0 Å². The lowest BCUT2D eigenvalue weighted by Crippen LogP contribution is -2.39. The topological polar surface area (TPSA) is 66.9 Å². The highest BCUT2D eigenvalue weighted by Gasteiger charge is 2.25. The largest absolute Gasteiger partial charge is 0.370 e. The van der Waals surface area contributed by atoms with Crippen molar-refractivity contribution in [2.45, 2.75) is 13.0 Å². The molecule has 6 nitrogen and oxygen atoms in total. The molecule has 3 heterocycles. The molecule has 22 heavy (non-hydrogen) atoms. The highest BCUT2D eigenvalue weighted by molar-refractivity contribution is 5.86. The van der Waals surface area contributed by atoms with E-state index in [0.717, 1.165) is 29.9 Å². The van der Waals surface area contributed by atoms with Gasteiger partial charge in [0, 0.05) is 13.1 Å². The number of fused-ring (bicyclic) bond motifs is 1. The van der Waals surface area contributed by atoms with Crippen LogP contribution in [0.5, 0.6) is 0 Å². The Morgan fingerprint density at radius 3 is 3.09 bits per heavy atom. The van der Waals surface area contributed by atoms with Crippen LogP contribution < -0.4 is 4.90 Å². The van der Waals surface area contributed by atoms with Crippen LogP contribution >= 0.6 is 0 Å². The van der Waals surface area contributed by atoms with Crippen LogP contribution in [0.2, 0.25) is 0 Å². The van der Waals surface area contributed by atoms with Gasteiger partial charge < -0.3 is 9.64 Å². The molecular weight excluding hydrogens is 278 g/mol. The number of aryl methyl sites for hydroxylation is 1. The SMILES string of the molecule is Cc1ccccc1C1CN(c2ncnc3[nH]ncc23)CCO1. The molecule has 1 aliphatic rings. The van der Waals surface area contributed by atoms with Crippen LogP contribution in [0.1, 0.15) is 17.2 Å². The van der Waals surface area contributed by atoms with Crippen LogP contribution in [0.4, 0.5) is 5.82 Å². The number of hydrogen-bond donors (Lipinski definition) is 1. The maximum absolute atomic E-state index is 5.98. The quantitative estimate of drug-likeness (QED) is 0.785. The smallest absolute Gasteiger partial charge is 0.160 e. The zero-order chi connectivity index (χ0) is 14.9. The molecule has 6 heteroatoms. The van der Waals surface area contributed by atoms with Gasteiger partial charge in [0.05, 0.1) is 18.2 Å². The normalized spacial score (nSPS) is 18.8. The average Bonchev–Trinajstić information content (AvgIpc) is 3.04. The number of benzene rings is 1. The Hall–Kier alpha value is -2.47. The van der Waals surface area contributed by atoms with Crippen molar-refractivity contribution < 1.29 is 4.74 Å². The molecule has 1 N–H and O–H groups in total. The predicted molar refractivity (Wildman–Crippen MR) is 83.8 cm³/mol. The van der Waals surface area contributed by atoms with Crippen LogP contribution in [0.15, 0.2) is 36.8 Å². The number of hydrogen-bond acceptors (Lipinski definition) is 5. The maximum atomic E-state index is 5.98. The van der Waals surface area contributed by atoms with E-state index in [1.54, 1.807) is 12.5 Å². The molecule has 0 amide bonds. The number of anilines is 1. The van der Waals surface area contributed by atoms with E-state index in [4.69, 9.17) is 4.74 Å². The van der Waals surface area contributed by atoms with Gasteiger partial charge in [0.25, 0.3) is 0 Å². The standard InChI is InChI=1S/C16H17N5O/c1-11-4-2-3-5-12(11)14-9-21(6-7-22-14)16-13-8-19-20-15(13)17-10-18-16/h2-5,8,10,14H,6-7,9H2,1H3,(H,17,18,19,20). The molecule has 0 aliphatic carbocycles. The molecule has 0 bridgehead atoms.